The highest BCUT2D eigenvalue weighted by Crippen LogP contribution is 2.23. The Kier molecular flexibility index (Phi) is 8.02. The molecule has 1 N–H and O–H groups in total. The van der Waals surface area contributed by atoms with Crippen LogP contribution in [0.15, 0.2) is 0 Å². The molecular formula is C7H12O4S2. The van der Waals surface area contributed by atoms with Gasteiger partial charge in [-0.25, -0.2) is 0 Å². The van der Waals surface area contributed by atoms with Crippen molar-refractivity contribution in [1.29, 1.82) is 0 Å². The average molecular weight is 224 g/mol. The van der Waals surface area contributed by atoms with Gasteiger partial charge in [-0.15, -0.1) is 0 Å². The van der Waals surface area contributed by atoms with Crippen molar-refractivity contribution >= 4 is 34.0 Å². The molecule has 4 nitrogen and oxygen atoms in total. The molecule has 0 aromatic carbocycles. The number of carbonyl (C=O) groups is 2. The molecule has 1 atom stereocenters. The topological polar surface area (TPSA) is 63.6 Å². The number of carboxylic acids is 1. The van der Waals surface area contributed by atoms with Gasteiger partial charge in [0.1, 0.15) is 6.61 Å². The van der Waals surface area contributed by atoms with Gasteiger partial charge in [-0.3, -0.25) is 9.59 Å². The molecule has 0 aliphatic rings. The van der Waals surface area contributed by atoms with E-state index in [-0.39, 0.29) is 5.92 Å². The first-order valence-electron chi connectivity index (χ1n) is 3.71. The van der Waals surface area contributed by atoms with Gasteiger partial charge >= 0.3 is 5.97 Å². The van der Waals surface area contributed by atoms with Crippen LogP contribution in [0.25, 0.3) is 0 Å². The maximum absolute atomic E-state index is 10.4. The van der Waals surface area contributed by atoms with Crippen molar-refractivity contribution in [3.8, 4) is 0 Å². The molecule has 0 aromatic rings. The zero-order chi connectivity index (χ0) is 10.1. The smallest absolute Gasteiger partial charge is 0.307 e. The summed E-state index contributed by atoms with van der Waals surface area (Å²) in [6.45, 7) is 2.45. The molecule has 13 heavy (non-hydrogen) atoms. The van der Waals surface area contributed by atoms with Crippen LogP contribution < -0.4 is 0 Å². The third-order valence-electron chi connectivity index (χ3n) is 1.18. The fourth-order valence-corrected chi connectivity index (χ4v) is 2.59. The van der Waals surface area contributed by atoms with Crippen LogP contribution >= 0.6 is 21.6 Å². The van der Waals surface area contributed by atoms with E-state index in [0.717, 1.165) is 0 Å². The summed E-state index contributed by atoms with van der Waals surface area (Å²) in [5, 5.41) is 8.53. The molecule has 0 radical (unpaired) electrons. The first-order valence-corrected chi connectivity index (χ1v) is 6.19. The second kappa shape index (κ2) is 8.25. The van der Waals surface area contributed by atoms with Crippen molar-refractivity contribution in [2.24, 2.45) is 5.92 Å². The van der Waals surface area contributed by atoms with Crippen LogP contribution in [0.2, 0.25) is 0 Å². The van der Waals surface area contributed by atoms with Gasteiger partial charge in [0.15, 0.2) is 0 Å². The van der Waals surface area contributed by atoms with Gasteiger partial charge in [0.25, 0.3) is 6.47 Å². The Bertz CT molecular complexity index is 163. The van der Waals surface area contributed by atoms with E-state index in [2.05, 4.69) is 4.74 Å². The fourth-order valence-electron chi connectivity index (χ4n) is 0.411. The van der Waals surface area contributed by atoms with Gasteiger partial charge in [0, 0.05) is 11.5 Å². The van der Waals surface area contributed by atoms with Crippen molar-refractivity contribution in [2.45, 2.75) is 6.92 Å². The van der Waals surface area contributed by atoms with Crippen LogP contribution in [-0.2, 0) is 14.3 Å². The second-order valence-corrected chi connectivity index (χ2v) is 4.94. The van der Waals surface area contributed by atoms with Crippen LogP contribution in [-0.4, -0.2) is 35.7 Å². The summed E-state index contributed by atoms with van der Waals surface area (Å²) in [5.41, 5.74) is 0. The van der Waals surface area contributed by atoms with E-state index in [0.29, 0.717) is 24.6 Å². The van der Waals surface area contributed by atoms with Gasteiger partial charge in [-0.2, -0.15) is 0 Å². The van der Waals surface area contributed by atoms with E-state index < -0.39 is 5.97 Å². The lowest BCUT2D eigenvalue weighted by molar-refractivity contribution is -0.140. The zero-order valence-electron chi connectivity index (χ0n) is 7.26. The van der Waals surface area contributed by atoms with E-state index in [4.69, 9.17) is 5.11 Å². The van der Waals surface area contributed by atoms with E-state index in [9.17, 15) is 9.59 Å². The second-order valence-electron chi connectivity index (χ2n) is 2.31. The highest BCUT2D eigenvalue weighted by molar-refractivity contribution is 8.76. The Labute approximate surface area is 84.8 Å². The minimum absolute atomic E-state index is 0.329. The van der Waals surface area contributed by atoms with Crippen LogP contribution in [0.4, 0.5) is 0 Å². The fraction of sp³-hybridized carbons (Fsp3) is 0.714. The number of hydrogen-bond acceptors (Lipinski definition) is 5. The van der Waals surface area contributed by atoms with E-state index in [1.54, 1.807) is 6.92 Å². The molecule has 0 amide bonds. The Morgan fingerprint density at radius 3 is 2.85 bits per heavy atom. The molecule has 0 aliphatic heterocycles. The lowest BCUT2D eigenvalue weighted by Gasteiger charge is -2.04. The number of carboxylic acid groups (broad SMARTS) is 1. The predicted octanol–water partition coefficient (Wildman–Crippen LogP) is 1.26. The van der Waals surface area contributed by atoms with E-state index in [1.807, 2.05) is 0 Å². The van der Waals surface area contributed by atoms with E-state index in [1.165, 1.54) is 21.6 Å². The largest absolute Gasteiger partial charge is 0.481 e. The molecule has 0 spiro atoms. The van der Waals surface area contributed by atoms with Crippen LogP contribution in [0.1, 0.15) is 6.92 Å². The molecule has 0 saturated carbocycles. The van der Waals surface area contributed by atoms with Gasteiger partial charge in [0.2, 0.25) is 0 Å². The molecule has 0 rings (SSSR count). The minimum Gasteiger partial charge on any atom is -0.481 e. The SMILES string of the molecule is C[C@@H](CSSCCOC=O)C(=O)O. The van der Waals surface area contributed by atoms with Crippen molar-refractivity contribution in [3.63, 3.8) is 0 Å². The number of ether oxygens (including phenoxy) is 1. The summed E-state index contributed by atoms with van der Waals surface area (Å²) < 4.78 is 4.46. The molecule has 0 unspecified atom stereocenters. The third-order valence-corrected chi connectivity index (χ3v) is 3.72. The normalized spacial score (nSPS) is 12.1. The Hall–Kier alpha value is -0.360. The number of rotatable bonds is 8. The lowest BCUT2D eigenvalue weighted by Crippen LogP contribution is -2.11. The van der Waals surface area contributed by atoms with Gasteiger partial charge in [-0.05, 0) is 0 Å². The predicted molar refractivity (Wildman–Crippen MR) is 53.7 cm³/mol. The van der Waals surface area contributed by atoms with Crippen molar-refractivity contribution in [1.82, 2.24) is 0 Å². The molecule has 6 heteroatoms. The molecule has 0 saturated heterocycles. The molecule has 0 bridgehead atoms. The van der Waals surface area contributed by atoms with E-state index >= 15 is 0 Å². The molecule has 0 aliphatic carbocycles. The standard InChI is InChI=1S/C7H12O4S2/c1-6(7(9)10)4-13-12-3-2-11-5-8/h5-6H,2-4H2,1H3,(H,9,10)/t6-/m0/s1. The zero-order valence-corrected chi connectivity index (χ0v) is 8.90. The molecule has 0 aromatic heterocycles. The first-order chi connectivity index (χ1) is 6.18. The van der Waals surface area contributed by atoms with Crippen LogP contribution in [0.3, 0.4) is 0 Å². The highest BCUT2D eigenvalue weighted by Gasteiger charge is 2.10. The number of aliphatic carboxylic acids is 1. The van der Waals surface area contributed by atoms with Crippen LogP contribution in [0.5, 0.6) is 0 Å². The van der Waals surface area contributed by atoms with Crippen molar-refractivity contribution in [3.05, 3.63) is 0 Å². The summed E-state index contributed by atoms with van der Waals surface area (Å²) in [7, 11) is 2.99. The lowest BCUT2D eigenvalue weighted by atomic mass is 10.2. The molecule has 76 valence electrons. The highest BCUT2D eigenvalue weighted by atomic mass is 33.1. The molecule has 0 heterocycles. The number of hydrogen-bond donors (Lipinski definition) is 1. The Balaban J connectivity index is 3.15. The van der Waals surface area contributed by atoms with Crippen LogP contribution in [0, 0.1) is 5.92 Å². The van der Waals surface area contributed by atoms with Gasteiger partial charge in [-0.1, -0.05) is 28.5 Å². The Morgan fingerprint density at radius 2 is 2.31 bits per heavy atom. The third kappa shape index (κ3) is 7.98. The quantitative estimate of drug-likeness (QED) is 0.380. The summed E-state index contributed by atoms with van der Waals surface area (Å²) >= 11 is 0. The van der Waals surface area contributed by atoms with Gasteiger partial charge < -0.3 is 9.84 Å². The number of carbonyl (C=O) groups excluding carboxylic acids is 1. The first kappa shape index (κ1) is 12.6. The van der Waals surface area contributed by atoms with Crippen molar-refractivity contribution < 1.29 is 19.4 Å². The van der Waals surface area contributed by atoms with Gasteiger partial charge in [0.05, 0.1) is 5.92 Å². The summed E-state index contributed by atoms with van der Waals surface area (Å²) in [6, 6.07) is 0. The minimum atomic E-state index is -0.780. The summed E-state index contributed by atoms with van der Waals surface area (Å²) in [5.74, 6) is 0.151. The summed E-state index contributed by atoms with van der Waals surface area (Å²) in [4.78, 5) is 20.1. The average Bonchev–Trinajstić information content (AvgIpc) is 2.10. The molecule has 0 fully saturated rings. The summed E-state index contributed by atoms with van der Waals surface area (Å²) in [6.07, 6.45) is 0. The monoisotopic (exact) mass is 224 g/mol. The maximum atomic E-state index is 10.4. The molecular weight excluding hydrogens is 212 g/mol. The Morgan fingerprint density at radius 1 is 1.62 bits per heavy atom. The maximum Gasteiger partial charge on any atom is 0.307 e. The van der Waals surface area contributed by atoms with Crippen molar-refractivity contribution in [2.75, 3.05) is 18.1 Å².